The predicted octanol–water partition coefficient (Wildman–Crippen LogP) is 3.39. The minimum absolute atomic E-state index is 0.0415. The molecule has 0 atom stereocenters. The van der Waals surface area contributed by atoms with Crippen LogP contribution in [0.2, 0.25) is 0 Å². The molecule has 1 N–H and O–H groups in total. The number of nitrogens with zero attached hydrogens (tertiary/aromatic N) is 2. The van der Waals surface area contributed by atoms with Crippen LogP contribution in [-0.2, 0) is 16.0 Å². The zero-order valence-electron chi connectivity index (χ0n) is 17.4. The van der Waals surface area contributed by atoms with E-state index in [0.717, 1.165) is 37.5 Å². The summed E-state index contributed by atoms with van der Waals surface area (Å²) in [4.78, 5) is 29.0. The number of carbonyl (C=O) groups excluding carboxylic acids is 1. The lowest BCUT2D eigenvalue weighted by Gasteiger charge is -2.53. The highest BCUT2D eigenvalue weighted by Gasteiger charge is 2.50. The molecule has 0 spiro atoms. The number of hydrogen-bond donors (Lipinski definition) is 1. The summed E-state index contributed by atoms with van der Waals surface area (Å²) < 4.78 is 13.4. The minimum atomic E-state index is -0.519. The largest absolute Gasteiger partial charge is 0.444 e. The van der Waals surface area contributed by atoms with Crippen molar-refractivity contribution in [3.63, 3.8) is 0 Å². The maximum atomic E-state index is 12.4. The van der Waals surface area contributed by atoms with Crippen molar-refractivity contribution < 1.29 is 14.3 Å². The number of hydrogen-bond acceptors (Lipinski definition) is 5. The zero-order chi connectivity index (χ0) is 20.7. The van der Waals surface area contributed by atoms with Crippen LogP contribution in [0.3, 0.4) is 0 Å². The second-order valence-electron chi connectivity index (χ2n) is 9.37. The molecule has 1 amide bonds. The fourth-order valence-electron chi connectivity index (χ4n) is 4.42. The third-order valence-electron chi connectivity index (χ3n) is 6.07. The Kier molecular flexibility index (Phi) is 4.89. The van der Waals surface area contributed by atoms with E-state index in [1.165, 1.54) is 0 Å². The van der Waals surface area contributed by atoms with Crippen molar-refractivity contribution in [2.45, 2.75) is 76.2 Å². The molecular weight excluding hydrogens is 370 g/mol. The van der Waals surface area contributed by atoms with Gasteiger partial charge in [0, 0.05) is 24.2 Å². The van der Waals surface area contributed by atoms with Crippen LogP contribution in [0.1, 0.15) is 52.9 Å². The van der Waals surface area contributed by atoms with Crippen LogP contribution < -0.4 is 10.9 Å². The summed E-state index contributed by atoms with van der Waals surface area (Å²) in [6.45, 7) is 6.63. The molecule has 156 valence electrons. The molecule has 0 unspecified atom stereocenters. The highest BCUT2D eigenvalue weighted by Crippen LogP contribution is 2.45. The number of aryl methyl sites for hydroxylation is 1. The van der Waals surface area contributed by atoms with Gasteiger partial charge >= 0.3 is 6.09 Å². The average Bonchev–Trinajstić information content (AvgIpc) is 2.67. The topological polar surface area (TPSA) is 82.5 Å². The second kappa shape index (κ2) is 7.13. The van der Waals surface area contributed by atoms with Crippen molar-refractivity contribution in [3.05, 3.63) is 40.8 Å². The molecule has 5 rings (SSSR count). The first-order chi connectivity index (χ1) is 13.7. The van der Waals surface area contributed by atoms with E-state index in [0.29, 0.717) is 18.8 Å². The smallest absolute Gasteiger partial charge is 0.408 e. The SMILES string of the molecule is CC(C)(C)OC(=O)NC12CCC(CCn3c(=O)ccc4cccnc43)(CC1)OC2. The fourth-order valence-corrected chi connectivity index (χ4v) is 4.42. The van der Waals surface area contributed by atoms with Crippen LogP contribution in [0.4, 0.5) is 4.79 Å². The summed E-state index contributed by atoms with van der Waals surface area (Å²) in [5.41, 5.74) is -0.437. The van der Waals surface area contributed by atoms with Crippen LogP contribution in [0.25, 0.3) is 11.0 Å². The van der Waals surface area contributed by atoms with E-state index in [4.69, 9.17) is 9.47 Å². The van der Waals surface area contributed by atoms with Gasteiger partial charge in [-0.15, -0.1) is 0 Å². The van der Waals surface area contributed by atoms with Gasteiger partial charge in [0.05, 0.1) is 17.7 Å². The van der Waals surface area contributed by atoms with Crippen LogP contribution in [0, 0.1) is 0 Å². The first kappa shape index (κ1) is 19.9. The predicted molar refractivity (Wildman–Crippen MR) is 110 cm³/mol. The van der Waals surface area contributed by atoms with E-state index >= 15 is 0 Å². The van der Waals surface area contributed by atoms with Gasteiger partial charge in [-0.3, -0.25) is 9.36 Å². The third-order valence-corrected chi connectivity index (χ3v) is 6.07. The molecule has 29 heavy (non-hydrogen) atoms. The van der Waals surface area contributed by atoms with E-state index in [-0.39, 0.29) is 22.8 Å². The van der Waals surface area contributed by atoms with Gasteiger partial charge in [0.2, 0.25) is 0 Å². The molecule has 0 radical (unpaired) electrons. The highest BCUT2D eigenvalue weighted by atomic mass is 16.6. The van der Waals surface area contributed by atoms with E-state index in [1.807, 2.05) is 39.0 Å². The fraction of sp³-hybridized carbons (Fsp3) is 0.591. The molecular formula is C22H29N3O4. The Hall–Kier alpha value is -2.41. The second-order valence-corrected chi connectivity index (χ2v) is 9.37. The monoisotopic (exact) mass is 399 g/mol. The summed E-state index contributed by atoms with van der Waals surface area (Å²) >= 11 is 0. The Labute approximate surface area is 170 Å². The molecule has 2 saturated heterocycles. The third kappa shape index (κ3) is 4.15. The first-order valence-corrected chi connectivity index (χ1v) is 10.3. The van der Waals surface area contributed by atoms with Gasteiger partial charge in [-0.25, -0.2) is 9.78 Å². The Balaban J connectivity index is 1.42. The number of nitrogens with one attached hydrogen (secondary N) is 1. The molecule has 2 aliphatic heterocycles. The van der Waals surface area contributed by atoms with E-state index in [1.54, 1.807) is 16.8 Å². The molecule has 7 heteroatoms. The summed E-state index contributed by atoms with van der Waals surface area (Å²) in [6, 6.07) is 7.25. The number of amides is 1. The Morgan fingerprint density at radius 1 is 1.24 bits per heavy atom. The first-order valence-electron chi connectivity index (χ1n) is 10.3. The summed E-state index contributed by atoms with van der Waals surface area (Å²) in [5.74, 6) is 0. The minimum Gasteiger partial charge on any atom is -0.444 e. The van der Waals surface area contributed by atoms with Gasteiger partial charge in [0.25, 0.3) is 5.56 Å². The lowest BCUT2D eigenvalue weighted by Crippen LogP contribution is -2.63. The van der Waals surface area contributed by atoms with Crippen molar-refractivity contribution >= 4 is 17.1 Å². The summed E-state index contributed by atoms with van der Waals surface area (Å²) in [5, 5.41) is 4.01. The standard InChI is InChI=1S/C22H29N3O4/c1-20(2,3)29-19(27)24-21-8-10-22(11-9-21,28-15-21)12-14-25-17(26)7-6-16-5-4-13-23-18(16)25/h4-7,13H,8-12,14-15H2,1-3H3,(H,24,27). The molecule has 0 aromatic carbocycles. The van der Waals surface area contributed by atoms with Crippen molar-refractivity contribution in [1.82, 2.24) is 14.9 Å². The van der Waals surface area contributed by atoms with E-state index in [2.05, 4.69) is 10.3 Å². The van der Waals surface area contributed by atoms with Crippen LogP contribution in [-0.4, -0.2) is 39.0 Å². The number of alkyl carbamates (subject to hydrolysis) is 1. The van der Waals surface area contributed by atoms with E-state index < -0.39 is 5.60 Å². The van der Waals surface area contributed by atoms with Gasteiger partial charge in [-0.2, -0.15) is 0 Å². The normalized spacial score (nSPS) is 26.4. The molecule has 1 aliphatic carbocycles. The Bertz CT molecular complexity index is 951. The molecule has 2 aromatic rings. The lowest BCUT2D eigenvalue weighted by atomic mass is 9.70. The van der Waals surface area contributed by atoms with E-state index in [9.17, 15) is 9.59 Å². The van der Waals surface area contributed by atoms with Crippen LogP contribution in [0.5, 0.6) is 0 Å². The molecule has 4 heterocycles. The van der Waals surface area contributed by atoms with Gasteiger partial charge < -0.3 is 14.8 Å². The average molecular weight is 399 g/mol. The lowest BCUT2D eigenvalue weighted by molar-refractivity contribution is -0.165. The number of pyridine rings is 2. The van der Waals surface area contributed by atoms with Crippen LogP contribution >= 0.6 is 0 Å². The number of carbonyl (C=O) groups is 1. The maximum Gasteiger partial charge on any atom is 0.408 e. The van der Waals surface area contributed by atoms with Crippen LogP contribution in [0.15, 0.2) is 35.3 Å². The molecule has 1 saturated carbocycles. The molecule has 2 aromatic heterocycles. The summed E-state index contributed by atoms with van der Waals surface area (Å²) in [6.07, 6.45) is 5.51. The van der Waals surface area contributed by atoms with Gasteiger partial charge in [0.1, 0.15) is 11.2 Å². The van der Waals surface area contributed by atoms with Crippen molar-refractivity contribution in [3.8, 4) is 0 Å². The maximum absolute atomic E-state index is 12.4. The van der Waals surface area contributed by atoms with Crippen molar-refractivity contribution in [2.75, 3.05) is 6.61 Å². The Morgan fingerprint density at radius 2 is 2.00 bits per heavy atom. The van der Waals surface area contributed by atoms with Gasteiger partial charge in [-0.1, -0.05) is 0 Å². The van der Waals surface area contributed by atoms with Crippen molar-refractivity contribution in [2.24, 2.45) is 0 Å². The molecule has 7 nitrogen and oxygen atoms in total. The Morgan fingerprint density at radius 3 is 2.66 bits per heavy atom. The highest BCUT2D eigenvalue weighted by molar-refractivity contribution is 5.74. The summed E-state index contributed by atoms with van der Waals surface area (Å²) in [7, 11) is 0. The van der Waals surface area contributed by atoms with Gasteiger partial charge in [-0.05, 0) is 71.1 Å². The number of aromatic nitrogens is 2. The molecule has 3 aliphatic rings. The quantitative estimate of drug-likeness (QED) is 0.852. The number of ether oxygens (including phenoxy) is 2. The molecule has 2 bridgehead atoms. The number of rotatable bonds is 4. The number of fused-ring (bicyclic) bond motifs is 4. The van der Waals surface area contributed by atoms with Gasteiger partial charge in [0.15, 0.2) is 0 Å². The van der Waals surface area contributed by atoms with Crippen molar-refractivity contribution in [1.29, 1.82) is 0 Å². The molecule has 3 fully saturated rings. The zero-order valence-corrected chi connectivity index (χ0v) is 17.4.